The van der Waals surface area contributed by atoms with Crippen molar-refractivity contribution in [2.45, 2.75) is 19.2 Å². The number of fused-ring (bicyclic) bond motifs is 1. The second kappa shape index (κ2) is 5.75. The van der Waals surface area contributed by atoms with Crippen molar-refractivity contribution in [1.82, 2.24) is 9.55 Å². The van der Waals surface area contributed by atoms with E-state index < -0.39 is 0 Å². The van der Waals surface area contributed by atoms with Gasteiger partial charge in [-0.3, -0.25) is 4.57 Å². The SMILES string of the molecule is Cc1cc(Br)cc(-n2c(C(C)Cl)nc3ccc(Br)cc32)c1. The average Bonchev–Trinajstić information content (AvgIpc) is 2.76. The zero-order chi connectivity index (χ0) is 15.1. The maximum absolute atomic E-state index is 6.34. The van der Waals surface area contributed by atoms with Gasteiger partial charge in [0.2, 0.25) is 0 Å². The standard InChI is InChI=1S/C16H13Br2ClN2/c1-9-5-12(18)7-13(6-9)21-15-8-11(17)3-4-14(15)20-16(21)10(2)19/h3-8,10H,1-2H3. The van der Waals surface area contributed by atoms with Crippen LogP contribution in [0.4, 0.5) is 0 Å². The molecule has 3 rings (SSSR count). The number of hydrogen-bond donors (Lipinski definition) is 0. The Morgan fingerprint density at radius 3 is 2.52 bits per heavy atom. The second-order valence-corrected chi connectivity index (χ2v) is 7.53. The molecule has 0 radical (unpaired) electrons. The van der Waals surface area contributed by atoms with Crippen LogP contribution in [-0.2, 0) is 0 Å². The van der Waals surface area contributed by atoms with Crippen molar-refractivity contribution in [2.75, 3.05) is 0 Å². The first-order valence-corrected chi connectivity index (χ1v) is 8.57. The Kier molecular flexibility index (Phi) is 4.12. The highest BCUT2D eigenvalue weighted by atomic mass is 79.9. The Bertz CT molecular complexity index is 804. The molecule has 0 saturated heterocycles. The van der Waals surface area contributed by atoms with Crippen molar-refractivity contribution < 1.29 is 0 Å². The van der Waals surface area contributed by atoms with E-state index in [0.717, 1.165) is 31.5 Å². The highest BCUT2D eigenvalue weighted by Gasteiger charge is 2.17. The van der Waals surface area contributed by atoms with Gasteiger partial charge >= 0.3 is 0 Å². The predicted octanol–water partition coefficient (Wildman–Crippen LogP) is 6.16. The molecule has 0 aliphatic rings. The fourth-order valence-corrected chi connectivity index (χ4v) is 3.54. The molecule has 3 aromatic rings. The van der Waals surface area contributed by atoms with Gasteiger partial charge in [-0.2, -0.15) is 0 Å². The van der Waals surface area contributed by atoms with Gasteiger partial charge in [-0.25, -0.2) is 4.98 Å². The van der Waals surface area contributed by atoms with Gasteiger partial charge in [0.05, 0.1) is 16.4 Å². The summed E-state index contributed by atoms with van der Waals surface area (Å²) in [5.41, 5.74) is 4.23. The van der Waals surface area contributed by atoms with Crippen molar-refractivity contribution in [2.24, 2.45) is 0 Å². The molecule has 0 bridgehead atoms. The van der Waals surface area contributed by atoms with Crippen LogP contribution in [0, 0.1) is 6.92 Å². The molecule has 1 atom stereocenters. The number of imidazole rings is 1. The number of aryl methyl sites for hydroxylation is 1. The molecule has 0 aliphatic heterocycles. The smallest absolute Gasteiger partial charge is 0.132 e. The summed E-state index contributed by atoms with van der Waals surface area (Å²) in [4.78, 5) is 4.68. The van der Waals surface area contributed by atoms with Gasteiger partial charge in [-0.05, 0) is 55.8 Å². The van der Waals surface area contributed by atoms with E-state index in [-0.39, 0.29) is 5.38 Å². The van der Waals surface area contributed by atoms with Gasteiger partial charge in [0.15, 0.2) is 0 Å². The number of halogens is 3. The van der Waals surface area contributed by atoms with Gasteiger partial charge in [-0.1, -0.05) is 31.9 Å². The summed E-state index contributed by atoms with van der Waals surface area (Å²) < 4.78 is 4.19. The molecule has 2 aromatic carbocycles. The lowest BCUT2D eigenvalue weighted by molar-refractivity contribution is 0.881. The molecule has 0 amide bonds. The third-order valence-corrected chi connectivity index (χ3v) is 4.43. The molecule has 5 heteroatoms. The van der Waals surface area contributed by atoms with Crippen LogP contribution in [-0.4, -0.2) is 9.55 Å². The Balaban J connectivity index is 2.38. The van der Waals surface area contributed by atoms with Crippen LogP contribution in [0.3, 0.4) is 0 Å². The molecule has 2 nitrogen and oxygen atoms in total. The molecule has 0 saturated carbocycles. The van der Waals surface area contributed by atoms with Crippen molar-refractivity contribution in [1.29, 1.82) is 0 Å². The molecule has 1 aromatic heterocycles. The van der Waals surface area contributed by atoms with Crippen molar-refractivity contribution in [3.05, 3.63) is 56.7 Å². The molecule has 0 fully saturated rings. The van der Waals surface area contributed by atoms with Crippen LogP contribution in [0.15, 0.2) is 45.3 Å². The molecule has 0 N–H and O–H groups in total. The number of alkyl halides is 1. The quantitative estimate of drug-likeness (QED) is 0.447. The van der Waals surface area contributed by atoms with Crippen molar-refractivity contribution in [3.8, 4) is 5.69 Å². The molecule has 1 unspecified atom stereocenters. The first-order valence-electron chi connectivity index (χ1n) is 6.55. The van der Waals surface area contributed by atoms with Crippen LogP contribution < -0.4 is 0 Å². The lowest BCUT2D eigenvalue weighted by Crippen LogP contribution is -2.02. The number of aromatic nitrogens is 2. The minimum absolute atomic E-state index is 0.171. The van der Waals surface area contributed by atoms with E-state index in [2.05, 4.69) is 72.6 Å². The minimum atomic E-state index is -0.171. The van der Waals surface area contributed by atoms with Crippen LogP contribution in [0.25, 0.3) is 16.7 Å². The normalized spacial score (nSPS) is 12.8. The minimum Gasteiger partial charge on any atom is -0.295 e. The third kappa shape index (κ3) is 2.89. The lowest BCUT2D eigenvalue weighted by atomic mass is 10.2. The lowest BCUT2D eigenvalue weighted by Gasteiger charge is -2.12. The summed E-state index contributed by atoms with van der Waals surface area (Å²) >= 11 is 13.4. The molecular formula is C16H13Br2ClN2. The summed E-state index contributed by atoms with van der Waals surface area (Å²) in [7, 11) is 0. The third-order valence-electron chi connectivity index (χ3n) is 3.28. The van der Waals surface area contributed by atoms with E-state index in [1.807, 2.05) is 19.1 Å². The first kappa shape index (κ1) is 15.1. The van der Waals surface area contributed by atoms with Crippen molar-refractivity contribution in [3.63, 3.8) is 0 Å². The Hall–Kier alpha value is -0.840. The molecule has 21 heavy (non-hydrogen) atoms. The molecule has 0 aliphatic carbocycles. The number of rotatable bonds is 2. The van der Waals surface area contributed by atoms with Crippen LogP contribution >= 0.6 is 43.5 Å². The first-order chi connectivity index (χ1) is 9.95. The number of nitrogens with zero attached hydrogens (tertiary/aromatic N) is 2. The average molecular weight is 429 g/mol. The molecule has 0 spiro atoms. The fraction of sp³-hybridized carbons (Fsp3) is 0.188. The monoisotopic (exact) mass is 426 g/mol. The number of benzene rings is 2. The van der Waals surface area contributed by atoms with Gasteiger partial charge in [-0.15, -0.1) is 11.6 Å². The van der Waals surface area contributed by atoms with E-state index in [9.17, 15) is 0 Å². The van der Waals surface area contributed by atoms with Crippen LogP contribution in [0.1, 0.15) is 23.7 Å². The van der Waals surface area contributed by atoms with Crippen LogP contribution in [0.2, 0.25) is 0 Å². The zero-order valence-electron chi connectivity index (χ0n) is 11.6. The fourth-order valence-electron chi connectivity index (χ4n) is 2.45. The topological polar surface area (TPSA) is 17.8 Å². The second-order valence-electron chi connectivity index (χ2n) is 5.04. The predicted molar refractivity (Wildman–Crippen MR) is 95.5 cm³/mol. The molecule has 1 heterocycles. The Morgan fingerprint density at radius 1 is 1.10 bits per heavy atom. The summed E-state index contributed by atoms with van der Waals surface area (Å²) in [6.45, 7) is 4.02. The van der Waals surface area contributed by atoms with Crippen LogP contribution in [0.5, 0.6) is 0 Å². The summed E-state index contributed by atoms with van der Waals surface area (Å²) in [5.74, 6) is 0.849. The van der Waals surface area contributed by atoms with E-state index in [4.69, 9.17) is 11.6 Å². The highest BCUT2D eigenvalue weighted by molar-refractivity contribution is 9.10. The van der Waals surface area contributed by atoms with E-state index >= 15 is 0 Å². The van der Waals surface area contributed by atoms with E-state index in [1.54, 1.807) is 0 Å². The molecular weight excluding hydrogens is 415 g/mol. The van der Waals surface area contributed by atoms with Crippen molar-refractivity contribution >= 4 is 54.5 Å². The Labute approximate surface area is 145 Å². The zero-order valence-corrected chi connectivity index (χ0v) is 15.5. The largest absolute Gasteiger partial charge is 0.295 e. The van der Waals surface area contributed by atoms with E-state index in [1.165, 1.54) is 5.56 Å². The van der Waals surface area contributed by atoms with Gasteiger partial charge in [0.25, 0.3) is 0 Å². The summed E-state index contributed by atoms with van der Waals surface area (Å²) in [6, 6.07) is 12.4. The maximum atomic E-state index is 6.34. The maximum Gasteiger partial charge on any atom is 0.132 e. The molecule has 108 valence electrons. The Morgan fingerprint density at radius 2 is 1.86 bits per heavy atom. The van der Waals surface area contributed by atoms with Gasteiger partial charge < -0.3 is 0 Å². The summed E-state index contributed by atoms with van der Waals surface area (Å²) in [6.07, 6.45) is 0. The summed E-state index contributed by atoms with van der Waals surface area (Å²) in [5, 5.41) is -0.171. The van der Waals surface area contributed by atoms with E-state index in [0.29, 0.717) is 0 Å². The van der Waals surface area contributed by atoms with Gasteiger partial charge in [0, 0.05) is 14.6 Å². The van der Waals surface area contributed by atoms with Gasteiger partial charge in [0.1, 0.15) is 5.82 Å². The highest BCUT2D eigenvalue weighted by Crippen LogP contribution is 2.31. The number of hydrogen-bond acceptors (Lipinski definition) is 1.